The summed E-state index contributed by atoms with van der Waals surface area (Å²) in [7, 11) is 0. The molecule has 3 nitrogen and oxygen atoms in total. The lowest BCUT2D eigenvalue weighted by molar-refractivity contribution is 0.768. The zero-order valence-corrected chi connectivity index (χ0v) is 32.2. The van der Waals surface area contributed by atoms with Gasteiger partial charge in [0.25, 0.3) is 0 Å². The second kappa shape index (κ2) is 14.3. The zero-order valence-electron chi connectivity index (χ0n) is 32.2. The van der Waals surface area contributed by atoms with Crippen LogP contribution in [0.5, 0.6) is 0 Å². The molecule has 0 atom stereocenters. The third-order valence-corrected chi connectivity index (χ3v) is 11.8. The molecule has 276 valence electrons. The molecule has 0 bridgehead atoms. The van der Waals surface area contributed by atoms with Gasteiger partial charge in [0.05, 0.1) is 5.41 Å². The number of hydrogen-bond acceptors (Lipinski definition) is 3. The molecule has 0 fully saturated rings. The fourth-order valence-electron chi connectivity index (χ4n) is 9.09. The van der Waals surface area contributed by atoms with E-state index in [4.69, 9.17) is 15.0 Å². The predicted octanol–water partition coefficient (Wildman–Crippen LogP) is 13.7. The van der Waals surface area contributed by atoms with Gasteiger partial charge in [0.2, 0.25) is 0 Å². The highest BCUT2D eigenvalue weighted by molar-refractivity contribution is 5.96. The summed E-state index contributed by atoms with van der Waals surface area (Å²) in [6.07, 6.45) is 0. The highest BCUT2D eigenvalue weighted by Gasteiger charge is 2.46. The maximum atomic E-state index is 5.17. The van der Waals surface area contributed by atoms with Crippen molar-refractivity contribution in [3.8, 4) is 67.5 Å². The van der Waals surface area contributed by atoms with Gasteiger partial charge in [0, 0.05) is 16.7 Å². The standard InChI is InChI=1S/C56H37N3/c1-4-17-40(18-5-1)53-57-54(41-33-30-39(31-34-41)43-35-32-38-16-10-11-19-42(38)36-43)59-55(58-53)45-21-14-20-44(37-45)48-27-15-29-51-52(48)49-26-12-13-28-50(49)56(51,46-22-6-2-7-23-46)47-24-8-3-9-25-47/h1-37H. The number of fused-ring (bicyclic) bond motifs is 4. The largest absolute Gasteiger partial charge is 0.208 e. The van der Waals surface area contributed by atoms with Crippen LogP contribution in [0.4, 0.5) is 0 Å². The van der Waals surface area contributed by atoms with E-state index in [1.165, 1.54) is 55.3 Å². The Hall–Kier alpha value is -7.75. The summed E-state index contributed by atoms with van der Waals surface area (Å²) in [5.74, 6) is 1.90. The third kappa shape index (κ3) is 5.86. The molecule has 1 heterocycles. The molecule has 10 aromatic rings. The van der Waals surface area contributed by atoms with Crippen molar-refractivity contribution in [1.29, 1.82) is 0 Å². The van der Waals surface area contributed by atoms with Crippen LogP contribution < -0.4 is 0 Å². The molecular formula is C56H37N3. The molecule has 1 aromatic heterocycles. The molecule has 0 N–H and O–H groups in total. The fourth-order valence-corrected chi connectivity index (χ4v) is 9.09. The quantitative estimate of drug-likeness (QED) is 0.163. The second-order valence-corrected chi connectivity index (χ2v) is 15.1. The molecule has 1 aliphatic rings. The van der Waals surface area contributed by atoms with Crippen molar-refractivity contribution in [2.45, 2.75) is 5.41 Å². The van der Waals surface area contributed by atoms with Gasteiger partial charge in [-0.2, -0.15) is 0 Å². The molecular weight excluding hydrogens is 715 g/mol. The summed E-state index contributed by atoms with van der Waals surface area (Å²) in [4.78, 5) is 15.3. The normalized spacial score (nSPS) is 12.5. The fraction of sp³-hybridized carbons (Fsp3) is 0.0179. The van der Waals surface area contributed by atoms with Gasteiger partial charge in [-0.3, -0.25) is 0 Å². The van der Waals surface area contributed by atoms with Crippen LogP contribution in [0, 0.1) is 0 Å². The smallest absolute Gasteiger partial charge is 0.164 e. The van der Waals surface area contributed by atoms with Gasteiger partial charge < -0.3 is 0 Å². The lowest BCUT2D eigenvalue weighted by Crippen LogP contribution is -2.28. The predicted molar refractivity (Wildman–Crippen MR) is 242 cm³/mol. The highest BCUT2D eigenvalue weighted by atomic mass is 15.0. The summed E-state index contributed by atoms with van der Waals surface area (Å²) < 4.78 is 0. The first-order valence-corrected chi connectivity index (χ1v) is 20.1. The maximum absolute atomic E-state index is 5.17. The third-order valence-electron chi connectivity index (χ3n) is 11.8. The van der Waals surface area contributed by atoms with E-state index in [1.807, 2.05) is 18.2 Å². The molecule has 0 amide bonds. The number of hydrogen-bond donors (Lipinski definition) is 0. The van der Waals surface area contributed by atoms with Crippen molar-refractivity contribution in [2.75, 3.05) is 0 Å². The Morgan fingerprint density at radius 1 is 0.271 bits per heavy atom. The number of rotatable bonds is 7. The minimum Gasteiger partial charge on any atom is -0.208 e. The van der Waals surface area contributed by atoms with Crippen molar-refractivity contribution < 1.29 is 0 Å². The van der Waals surface area contributed by atoms with E-state index < -0.39 is 5.41 Å². The lowest BCUT2D eigenvalue weighted by atomic mass is 9.67. The van der Waals surface area contributed by atoms with Crippen molar-refractivity contribution in [3.05, 3.63) is 247 Å². The molecule has 3 heteroatoms. The van der Waals surface area contributed by atoms with Crippen LogP contribution in [0.3, 0.4) is 0 Å². The number of nitrogens with zero attached hydrogens (tertiary/aromatic N) is 3. The van der Waals surface area contributed by atoms with E-state index in [2.05, 4.69) is 206 Å². The van der Waals surface area contributed by atoms with Crippen molar-refractivity contribution in [1.82, 2.24) is 15.0 Å². The average Bonchev–Trinajstić information content (AvgIpc) is 3.63. The first-order chi connectivity index (χ1) is 29.2. The summed E-state index contributed by atoms with van der Waals surface area (Å²) in [6, 6.07) is 80.1. The topological polar surface area (TPSA) is 38.7 Å². The first-order valence-electron chi connectivity index (χ1n) is 20.1. The minimum absolute atomic E-state index is 0.473. The Morgan fingerprint density at radius 3 is 1.46 bits per heavy atom. The van der Waals surface area contributed by atoms with E-state index in [0.29, 0.717) is 17.5 Å². The Morgan fingerprint density at radius 2 is 0.746 bits per heavy atom. The van der Waals surface area contributed by atoms with Gasteiger partial charge in [0.1, 0.15) is 0 Å². The van der Waals surface area contributed by atoms with Crippen molar-refractivity contribution in [2.24, 2.45) is 0 Å². The van der Waals surface area contributed by atoms with Crippen LogP contribution in [0.25, 0.3) is 78.3 Å². The minimum atomic E-state index is -0.473. The van der Waals surface area contributed by atoms with Gasteiger partial charge in [-0.25, -0.2) is 15.0 Å². The van der Waals surface area contributed by atoms with Crippen LogP contribution in [-0.2, 0) is 5.41 Å². The Kier molecular flexibility index (Phi) is 8.37. The Labute approximate surface area is 344 Å². The van der Waals surface area contributed by atoms with E-state index in [1.54, 1.807) is 0 Å². The summed E-state index contributed by atoms with van der Waals surface area (Å²) in [6.45, 7) is 0. The molecule has 0 spiro atoms. The van der Waals surface area contributed by atoms with Crippen LogP contribution in [0.15, 0.2) is 224 Å². The first kappa shape index (κ1) is 34.5. The van der Waals surface area contributed by atoms with Crippen molar-refractivity contribution >= 4 is 10.8 Å². The molecule has 11 rings (SSSR count). The summed E-state index contributed by atoms with van der Waals surface area (Å²) in [5, 5.41) is 2.46. The monoisotopic (exact) mass is 751 g/mol. The number of aromatic nitrogens is 3. The van der Waals surface area contributed by atoms with Crippen LogP contribution in [-0.4, -0.2) is 15.0 Å². The molecule has 1 aliphatic carbocycles. The van der Waals surface area contributed by atoms with Crippen LogP contribution in [0.1, 0.15) is 22.3 Å². The van der Waals surface area contributed by atoms with Gasteiger partial charge in [-0.1, -0.05) is 212 Å². The molecule has 0 saturated carbocycles. The molecule has 9 aromatic carbocycles. The molecule has 59 heavy (non-hydrogen) atoms. The van der Waals surface area contributed by atoms with E-state index in [0.717, 1.165) is 27.8 Å². The molecule has 0 saturated heterocycles. The average molecular weight is 752 g/mol. The van der Waals surface area contributed by atoms with E-state index in [-0.39, 0.29) is 0 Å². The van der Waals surface area contributed by atoms with Crippen LogP contribution in [0.2, 0.25) is 0 Å². The molecule has 0 aliphatic heterocycles. The SMILES string of the molecule is c1ccc(-c2nc(-c3ccc(-c4ccc5ccccc5c4)cc3)nc(-c3cccc(-c4cccc5c4-c4ccccc4C5(c4ccccc4)c4ccccc4)c3)n2)cc1. The summed E-state index contributed by atoms with van der Waals surface area (Å²) in [5.41, 5.74) is 14.5. The maximum Gasteiger partial charge on any atom is 0.164 e. The zero-order chi connectivity index (χ0) is 39.2. The lowest BCUT2D eigenvalue weighted by Gasteiger charge is -2.34. The number of benzene rings is 9. The van der Waals surface area contributed by atoms with E-state index >= 15 is 0 Å². The van der Waals surface area contributed by atoms with E-state index in [9.17, 15) is 0 Å². The molecule has 0 unspecified atom stereocenters. The van der Waals surface area contributed by atoms with Gasteiger partial charge in [0.15, 0.2) is 17.5 Å². The Bertz CT molecular complexity index is 3100. The highest BCUT2D eigenvalue weighted by Crippen LogP contribution is 2.58. The van der Waals surface area contributed by atoms with Gasteiger partial charge in [-0.15, -0.1) is 0 Å². The summed E-state index contributed by atoms with van der Waals surface area (Å²) >= 11 is 0. The van der Waals surface area contributed by atoms with Gasteiger partial charge in [-0.05, 0) is 78.5 Å². The van der Waals surface area contributed by atoms with Crippen LogP contribution >= 0.6 is 0 Å². The Balaban J connectivity index is 1.04. The second-order valence-electron chi connectivity index (χ2n) is 15.1. The van der Waals surface area contributed by atoms with Crippen molar-refractivity contribution in [3.63, 3.8) is 0 Å². The molecule has 0 radical (unpaired) electrons. The van der Waals surface area contributed by atoms with Gasteiger partial charge >= 0.3 is 0 Å².